The molecule has 2 aromatic carbocycles. The van der Waals surface area contributed by atoms with Crippen molar-refractivity contribution in [3.8, 4) is 17.2 Å². The minimum Gasteiger partial charge on any atom is -0.497 e. The van der Waals surface area contributed by atoms with E-state index in [2.05, 4.69) is 0 Å². The third kappa shape index (κ3) is 4.30. The fourth-order valence-electron chi connectivity index (χ4n) is 2.91. The van der Waals surface area contributed by atoms with Gasteiger partial charge in [-0.1, -0.05) is 6.92 Å². The van der Waals surface area contributed by atoms with Crippen LogP contribution in [0, 0.1) is 0 Å². The summed E-state index contributed by atoms with van der Waals surface area (Å²) in [5.41, 5.74) is 0.569. The summed E-state index contributed by atoms with van der Waals surface area (Å²) >= 11 is 0. The van der Waals surface area contributed by atoms with Crippen molar-refractivity contribution < 1.29 is 28.5 Å². The van der Waals surface area contributed by atoms with Gasteiger partial charge in [-0.15, -0.1) is 0 Å². The molecule has 0 saturated heterocycles. The van der Waals surface area contributed by atoms with Gasteiger partial charge in [0, 0.05) is 5.56 Å². The SMILES string of the molecule is CCCOc1c(/C=C/c2cc(OC)ccc2OC)oc2ccc(C(=O)O)cc2c1=O. The molecule has 7 nitrogen and oxygen atoms in total. The highest BCUT2D eigenvalue weighted by molar-refractivity contribution is 5.93. The first-order valence-electron chi connectivity index (χ1n) is 9.35. The normalized spacial score (nSPS) is 11.0. The summed E-state index contributed by atoms with van der Waals surface area (Å²) in [7, 11) is 3.13. The molecule has 0 spiro atoms. The zero-order valence-electron chi connectivity index (χ0n) is 16.9. The number of ether oxygens (including phenoxy) is 3. The van der Waals surface area contributed by atoms with Crippen LogP contribution in [0.4, 0.5) is 0 Å². The maximum atomic E-state index is 13.0. The summed E-state index contributed by atoms with van der Waals surface area (Å²) in [6.45, 7) is 2.24. The van der Waals surface area contributed by atoms with Gasteiger partial charge < -0.3 is 23.7 Å². The van der Waals surface area contributed by atoms with Gasteiger partial charge >= 0.3 is 5.97 Å². The molecular weight excluding hydrogens is 388 g/mol. The van der Waals surface area contributed by atoms with E-state index >= 15 is 0 Å². The van der Waals surface area contributed by atoms with Crippen molar-refractivity contribution in [2.45, 2.75) is 13.3 Å². The lowest BCUT2D eigenvalue weighted by Gasteiger charge is -2.10. The zero-order valence-corrected chi connectivity index (χ0v) is 16.9. The average Bonchev–Trinajstić information content (AvgIpc) is 2.76. The summed E-state index contributed by atoms with van der Waals surface area (Å²) in [6, 6.07) is 9.49. The van der Waals surface area contributed by atoms with Crippen molar-refractivity contribution >= 4 is 29.1 Å². The lowest BCUT2D eigenvalue weighted by atomic mass is 10.1. The molecule has 0 amide bonds. The van der Waals surface area contributed by atoms with Gasteiger partial charge in [-0.2, -0.15) is 0 Å². The number of fused-ring (bicyclic) bond motifs is 1. The minimum absolute atomic E-state index is 0.000602. The molecule has 1 aromatic heterocycles. The smallest absolute Gasteiger partial charge is 0.335 e. The molecule has 0 atom stereocenters. The molecule has 3 aromatic rings. The van der Waals surface area contributed by atoms with E-state index in [1.54, 1.807) is 44.6 Å². The first-order chi connectivity index (χ1) is 14.5. The second kappa shape index (κ2) is 9.17. The molecule has 7 heteroatoms. The fraction of sp³-hybridized carbons (Fsp3) is 0.217. The van der Waals surface area contributed by atoms with Crippen LogP contribution in [0.15, 0.2) is 45.6 Å². The van der Waals surface area contributed by atoms with E-state index in [-0.39, 0.29) is 28.0 Å². The van der Waals surface area contributed by atoms with E-state index in [9.17, 15) is 14.7 Å². The van der Waals surface area contributed by atoms with Gasteiger partial charge in [0.25, 0.3) is 0 Å². The van der Waals surface area contributed by atoms with Gasteiger partial charge in [0.1, 0.15) is 17.1 Å². The van der Waals surface area contributed by atoms with Crippen LogP contribution in [-0.4, -0.2) is 31.9 Å². The maximum absolute atomic E-state index is 13.0. The number of carboxylic acid groups (broad SMARTS) is 1. The number of methoxy groups -OCH3 is 2. The summed E-state index contributed by atoms with van der Waals surface area (Å²) in [4.78, 5) is 24.3. The van der Waals surface area contributed by atoms with E-state index in [0.717, 1.165) is 5.56 Å². The highest BCUT2D eigenvalue weighted by Gasteiger charge is 2.16. The predicted molar refractivity (Wildman–Crippen MR) is 114 cm³/mol. The number of benzene rings is 2. The Labute approximate surface area is 173 Å². The summed E-state index contributed by atoms with van der Waals surface area (Å²) in [5.74, 6) is 0.414. The van der Waals surface area contributed by atoms with Crippen LogP contribution in [0.3, 0.4) is 0 Å². The van der Waals surface area contributed by atoms with Crippen LogP contribution in [0.1, 0.15) is 35.0 Å². The predicted octanol–water partition coefficient (Wildman–Crippen LogP) is 4.47. The Morgan fingerprint density at radius 2 is 1.90 bits per heavy atom. The van der Waals surface area contributed by atoms with Gasteiger partial charge in [0.15, 0.2) is 5.76 Å². The second-order valence-corrected chi connectivity index (χ2v) is 6.43. The Balaban J connectivity index is 2.15. The zero-order chi connectivity index (χ0) is 21.7. The Bertz CT molecular complexity index is 1160. The number of rotatable bonds is 8. The largest absolute Gasteiger partial charge is 0.497 e. The quantitative estimate of drug-likeness (QED) is 0.585. The molecule has 0 radical (unpaired) electrons. The molecule has 30 heavy (non-hydrogen) atoms. The Hall–Kier alpha value is -3.74. The average molecular weight is 410 g/mol. The summed E-state index contributed by atoms with van der Waals surface area (Å²) in [5, 5.41) is 9.36. The number of hydrogen-bond donors (Lipinski definition) is 1. The van der Waals surface area contributed by atoms with Crippen molar-refractivity contribution in [1.29, 1.82) is 0 Å². The van der Waals surface area contributed by atoms with E-state index in [1.165, 1.54) is 18.2 Å². The molecule has 0 aliphatic carbocycles. The molecule has 0 fully saturated rings. The van der Waals surface area contributed by atoms with Crippen molar-refractivity contribution in [2.24, 2.45) is 0 Å². The Kier molecular flexibility index (Phi) is 6.41. The molecule has 0 aliphatic heterocycles. The van der Waals surface area contributed by atoms with Crippen LogP contribution >= 0.6 is 0 Å². The van der Waals surface area contributed by atoms with Crippen molar-refractivity contribution in [3.05, 3.63) is 63.5 Å². The van der Waals surface area contributed by atoms with Gasteiger partial charge in [0.05, 0.1) is 31.8 Å². The monoisotopic (exact) mass is 410 g/mol. The number of carboxylic acids is 1. The van der Waals surface area contributed by atoms with Crippen molar-refractivity contribution in [3.63, 3.8) is 0 Å². The van der Waals surface area contributed by atoms with E-state index in [1.807, 2.05) is 6.92 Å². The highest BCUT2D eigenvalue weighted by Crippen LogP contribution is 2.28. The summed E-state index contributed by atoms with van der Waals surface area (Å²) in [6.07, 6.45) is 4.05. The Morgan fingerprint density at radius 3 is 2.57 bits per heavy atom. The first kappa shape index (κ1) is 21.0. The van der Waals surface area contributed by atoms with E-state index in [0.29, 0.717) is 24.5 Å². The first-order valence-corrected chi connectivity index (χ1v) is 9.35. The minimum atomic E-state index is -1.12. The third-order valence-corrected chi connectivity index (χ3v) is 4.42. The van der Waals surface area contributed by atoms with Gasteiger partial charge in [0.2, 0.25) is 11.2 Å². The standard InChI is InChI=1S/C23H22O7/c1-4-11-29-22-20(9-5-14-12-16(27-2)7-10-18(14)28-3)30-19-8-6-15(23(25)26)13-17(19)21(22)24/h5-10,12-13H,4,11H2,1-3H3,(H,25,26)/b9-5+. The van der Waals surface area contributed by atoms with Gasteiger partial charge in [-0.25, -0.2) is 4.79 Å². The van der Waals surface area contributed by atoms with Crippen LogP contribution in [0.25, 0.3) is 23.1 Å². The lowest BCUT2D eigenvalue weighted by Crippen LogP contribution is -2.11. The van der Waals surface area contributed by atoms with Crippen LogP contribution in [0.2, 0.25) is 0 Å². The molecule has 156 valence electrons. The lowest BCUT2D eigenvalue weighted by molar-refractivity contribution is 0.0697. The molecule has 0 unspecified atom stereocenters. The fourth-order valence-corrected chi connectivity index (χ4v) is 2.91. The van der Waals surface area contributed by atoms with Gasteiger partial charge in [-0.05, 0) is 55.0 Å². The molecular formula is C23H22O7. The molecule has 0 aliphatic rings. The van der Waals surface area contributed by atoms with E-state index < -0.39 is 11.4 Å². The van der Waals surface area contributed by atoms with Crippen LogP contribution < -0.4 is 19.6 Å². The second-order valence-electron chi connectivity index (χ2n) is 6.43. The van der Waals surface area contributed by atoms with E-state index in [4.69, 9.17) is 18.6 Å². The van der Waals surface area contributed by atoms with Crippen LogP contribution in [0.5, 0.6) is 17.2 Å². The number of carbonyl (C=O) groups is 1. The maximum Gasteiger partial charge on any atom is 0.335 e. The van der Waals surface area contributed by atoms with Crippen molar-refractivity contribution in [1.82, 2.24) is 0 Å². The third-order valence-electron chi connectivity index (χ3n) is 4.42. The molecule has 3 rings (SSSR count). The van der Waals surface area contributed by atoms with Crippen molar-refractivity contribution in [2.75, 3.05) is 20.8 Å². The molecule has 0 saturated carbocycles. The molecule has 0 bridgehead atoms. The number of aromatic carboxylic acids is 1. The highest BCUT2D eigenvalue weighted by atomic mass is 16.5. The molecule has 1 N–H and O–H groups in total. The van der Waals surface area contributed by atoms with Crippen LogP contribution in [-0.2, 0) is 0 Å². The molecule has 1 heterocycles. The summed E-state index contributed by atoms with van der Waals surface area (Å²) < 4.78 is 22.2. The Morgan fingerprint density at radius 1 is 1.10 bits per heavy atom. The number of hydrogen-bond acceptors (Lipinski definition) is 6. The topological polar surface area (TPSA) is 95.2 Å². The van der Waals surface area contributed by atoms with Gasteiger partial charge in [-0.3, -0.25) is 4.79 Å².